The molecule has 22 heavy (non-hydrogen) atoms. The van der Waals surface area contributed by atoms with Crippen molar-refractivity contribution in [1.29, 1.82) is 0 Å². The summed E-state index contributed by atoms with van der Waals surface area (Å²) in [6, 6.07) is 6.36. The summed E-state index contributed by atoms with van der Waals surface area (Å²) in [4.78, 5) is 36.4. The van der Waals surface area contributed by atoms with E-state index < -0.39 is 5.97 Å². The zero-order valence-corrected chi connectivity index (χ0v) is 12.3. The predicted octanol–water partition coefficient (Wildman–Crippen LogP) is 0.661. The molecule has 1 heterocycles. The minimum absolute atomic E-state index is 0.229. The van der Waals surface area contributed by atoms with Gasteiger partial charge in [0.25, 0.3) is 5.91 Å². The molecule has 1 fully saturated rings. The van der Waals surface area contributed by atoms with Gasteiger partial charge in [0.05, 0.1) is 18.8 Å². The van der Waals surface area contributed by atoms with Crippen LogP contribution in [0.4, 0.5) is 5.69 Å². The van der Waals surface area contributed by atoms with Crippen LogP contribution in [0.3, 0.4) is 0 Å². The lowest BCUT2D eigenvalue weighted by molar-refractivity contribution is -0.138. The normalized spacial score (nSPS) is 14.3. The maximum absolute atomic E-state index is 11.9. The molecular weight excluding hydrogens is 288 g/mol. The van der Waals surface area contributed by atoms with E-state index in [0.29, 0.717) is 32.0 Å². The molecule has 1 saturated heterocycles. The minimum atomic E-state index is -0.603. The first-order chi connectivity index (χ1) is 10.6. The second kappa shape index (κ2) is 7.56. The van der Waals surface area contributed by atoms with Crippen LogP contribution in [0.15, 0.2) is 24.3 Å². The highest BCUT2D eigenvalue weighted by atomic mass is 16.5. The molecule has 1 aliphatic heterocycles. The molecule has 1 aromatic rings. The summed E-state index contributed by atoms with van der Waals surface area (Å²) in [5, 5.41) is 2.58. The fraction of sp³-hybridized carbons (Fsp3) is 0.400. The van der Waals surface area contributed by atoms with Crippen LogP contribution in [-0.2, 0) is 19.1 Å². The second-order valence-electron chi connectivity index (χ2n) is 4.83. The van der Waals surface area contributed by atoms with E-state index in [1.54, 1.807) is 23.1 Å². The zero-order chi connectivity index (χ0) is 15.9. The Morgan fingerprint density at radius 3 is 2.68 bits per heavy atom. The van der Waals surface area contributed by atoms with E-state index in [1.165, 1.54) is 13.0 Å². The van der Waals surface area contributed by atoms with Crippen LogP contribution in [-0.4, -0.2) is 55.6 Å². The number of nitrogens with zero attached hydrogens (tertiary/aromatic N) is 1. The molecule has 0 unspecified atom stereocenters. The van der Waals surface area contributed by atoms with Gasteiger partial charge in [-0.1, -0.05) is 6.07 Å². The molecule has 0 aliphatic carbocycles. The van der Waals surface area contributed by atoms with E-state index >= 15 is 0 Å². The molecule has 2 rings (SSSR count). The maximum Gasteiger partial charge on any atom is 0.338 e. The molecule has 0 saturated carbocycles. The van der Waals surface area contributed by atoms with Crippen molar-refractivity contribution in [2.45, 2.75) is 6.92 Å². The number of anilines is 1. The number of amides is 2. The number of ether oxygens (including phenoxy) is 2. The van der Waals surface area contributed by atoms with E-state index in [0.717, 1.165) is 0 Å². The average Bonchev–Trinajstić information content (AvgIpc) is 2.52. The fourth-order valence-electron chi connectivity index (χ4n) is 2.04. The summed E-state index contributed by atoms with van der Waals surface area (Å²) in [6.07, 6.45) is 0. The number of hydrogen-bond donors (Lipinski definition) is 1. The van der Waals surface area contributed by atoms with Gasteiger partial charge < -0.3 is 19.7 Å². The molecule has 0 atom stereocenters. The Morgan fingerprint density at radius 2 is 2.00 bits per heavy atom. The Kier molecular flexibility index (Phi) is 5.48. The highest BCUT2D eigenvalue weighted by molar-refractivity contribution is 5.94. The van der Waals surface area contributed by atoms with Crippen molar-refractivity contribution in [2.75, 3.05) is 38.2 Å². The lowest BCUT2D eigenvalue weighted by Gasteiger charge is -2.26. The molecule has 1 N–H and O–H groups in total. The Balaban J connectivity index is 1.88. The monoisotopic (exact) mass is 306 g/mol. The maximum atomic E-state index is 11.9. The Morgan fingerprint density at radius 1 is 1.27 bits per heavy atom. The van der Waals surface area contributed by atoms with Gasteiger partial charge in [-0.3, -0.25) is 9.59 Å². The van der Waals surface area contributed by atoms with Gasteiger partial charge in [0.1, 0.15) is 0 Å². The van der Waals surface area contributed by atoms with Crippen molar-refractivity contribution in [1.82, 2.24) is 4.90 Å². The number of carbonyl (C=O) groups is 3. The summed E-state index contributed by atoms with van der Waals surface area (Å²) >= 11 is 0. The topological polar surface area (TPSA) is 84.9 Å². The molecule has 7 nitrogen and oxygen atoms in total. The van der Waals surface area contributed by atoms with Crippen LogP contribution >= 0.6 is 0 Å². The molecule has 1 aromatic carbocycles. The van der Waals surface area contributed by atoms with Gasteiger partial charge >= 0.3 is 5.97 Å². The molecule has 0 radical (unpaired) electrons. The lowest BCUT2D eigenvalue weighted by atomic mass is 10.2. The van der Waals surface area contributed by atoms with Crippen molar-refractivity contribution in [3.8, 4) is 0 Å². The highest BCUT2D eigenvalue weighted by Crippen LogP contribution is 2.12. The SMILES string of the molecule is CC(=O)Nc1cccc(C(=O)OCC(=O)N2CCOCC2)c1. The first-order valence-corrected chi connectivity index (χ1v) is 6.96. The zero-order valence-electron chi connectivity index (χ0n) is 12.3. The second-order valence-corrected chi connectivity index (χ2v) is 4.83. The van der Waals surface area contributed by atoms with Crippen LogP contribution in [0.2, 0.25) is 0 Å². The van der Waals surface area contributed by atoms with Gasteiger partial charge in [0.2, 0.25) is 5.91 Å². The Bertz CT molecular complexity index is 567. The van der Waals surface area contributed by atoms with Gasteiger partial charge in [-0.05, 0) is 18.2 Å². The highest BCUT2D eigenvalue weighted by Gasteiger charge is 2.18. The van der Waals surface area contributed by atoms with E-state index in [2.05, 4.69) is 5.32 Å². The van der Waals surface area contributed by atoms with Crippen LogP contribution in [0, 0.1) is 0 Å². The summed E-state index contributed by atoms with van der Waals surface area (Å²) in [5.74, 6) is -1.07. The third-order valence-electron chi connectivity index (χ3n) is 3.11. The summed E-state index contributed by atoms with van der Waals surface area (Å²) in [6.45, 7) is 3.09. The fourth-order valence-corrected chi connectivity index (χ4v) is 2.04. The molecule has 118 valence electrons. The van der Waals surface area contributed by atoms with Crippen LogP contribution in [0.1, 0.15) is 17.3 Å². The summed E-state index contributed by atoms with van der Waals surface area (Å²) in [7, 11) is 0. The number of nitrogens with one attached hydrogen (secondary N) is 1. The number of hydrogen-bond acceptors (Lipinski definition) is 5. The van der Waals surface area contributed by atoms with Gasteiger partial charge in [-0.25, -0.2) is 4.79 Å². The van der Waals surface area contributed by atoms with Crippen molar-refractivity contribution in [3.63, 3.8) is 0 Å². The Hall–Kier alpha value is -2.41. The molecule has 7 heteroatoms. The van der Waals surface area contributed by atoms with E-state index in [1.807, 2.05) is 0 Å². The quantitative estimate of drug-likeness (QED) is 0.826. The number of morpholine rings is 1. The Labute approximate surface area is 128 Å². The van der Waals surface area contributed by atoms with Crippen LogP contribution < -0.4 is 5.32 Å². The smallest absolute Gasteiger partial charge is 0.338 e. The first-order valence-electron chi connectivity index (χ1n) is 6.96. The van der Waals surface area contributed by atoms with Gasteiger partial charge in [0.15, 0.2) is 6.61 Å². The van der Waals surface area contributed by atoms with Crippen LogP contribution in [0.25, 0.3) is 0 Å². The van der Waals surface area contributed by atoms with E-state index in [9.17, 15) is 14.4 Å². The summed E-state index contributed by atoms with van der Waals surface area (Å²) in [5.41, 5.74) is 0.780. The number of esters is 1. The number of carbonyl (C=O) groups excluding carboxylic acids is 3. The number of rotatable bonds is 4. The minimum Gasteiger partial charge on any atom is -0.452 e. The molecule has 0 spiro atoms. The first kappa shape index (κ1) is 16.0. The lowest BCUT2D eigenvalue weighted by Crippen LogP contribution is -2.42. The van der Waals surface area contributed by atoms with Crippen molar-refractivity contribution in [2.24, 2.45) is 0 Å². The summed E-state index contributed by atoms with van der Waals surface area (Å²) < 4.78 is 10.2. The van der Waals surface area contributed by atoms with Crippen LogP contribution in [0.5, 0.6) is 0 Å². The van der Waals surface area contributed by atoms with Gasteiger partial charge in [-0.2, -0.15) is 0 Å². The van der Waals surface area contributed by atoms with Crippen molar-refractivity contribution < 1.29 is 23.9 Å². The van der Waals surface area contributed by atoms with Crippen molar-refractivity contribution >= 4 is 23.5 Å². The van der Waals surface area contributed by atoms with Gasteiger partial charge in [0, 0.05) is 25.7 Å². The third-order valence-corrected chi connectivity index (χ3v) is 3.11. The predicted molar refractivity (Wildman–Crippen MR) is 78.4 cm³/mol. The van der Waals surface area contributed by atoms with Crippen molar-refractivity contribution in [3.05, 3.63) is 29.8 Å². The molecule has 0 aromatic heterocycles. The van der Waals surface area contributed by atoms with Gasteiger partial charge in [-0.15, -0.1) is 0 Å². The molecule has 1 aliphatic rings. The standard InChI is InChI=1S/C15H18N2O5/c1-11(18)16-13-4-2-3-12(9-13)15(20)22-10-14(19)17-5-7-21-8-6-17/h2-4,9H,5-8,10H2,1H3,(H,16,18). The molecule has 2 amide bonds. The number of benzene rings is 1. The molecule has 0 bridgehead atoms. The average molecular weight is 306 g/mol. The molecular formula is C15H18N2O5. The van der Waals surface area contributed by atoms with E-state index in [4.69, 9.17) is 9.47 Å². The largest absolute Gasteiger partial charge is 0.452 e. The van der Waals surface area contributed by atoms with E-state index in [-0.39, 0.29) is 24.0 Å². The third kappa shape index (κ3) is 4.56.